The number of nitrogens with one attached hydrogen (secondary N) is 2. The van der Waals surface area contributed by atoms with Crippen LogP contribution in [0.3, 0.4) is 0 Å². The first kappa shape index (κ1) is 13.8. The molecule has 110 valence electrons. The Morgan fingerprint density at radius 2 is 2.14 bits per heavy atom. The quantitative estimate of drug-likeness (QED) is 0.779. The van der Waals surface area contributed by atoms with E-state index in [1.54, 1.807) is 30.9 Å². The van der Waals surface area contributed by atoms with E-state index in [4.69, 9.17) is 0 Å². The lowest BCUT2D eigenvalue weighted by atomic mass is 9.75. The van der Waals surface area contributed by atoms with Gasteiger partial charge in [0.2, 0.25) is 0 Å². The minimum absolute atomic E-state index is 0.0400. The molecule has 5 heteroatoms. The molecule has 1 amide bonds. The summed E-state index contributed by atoms with van der Waals surface area (Å²) in [5.41, 5.74) is 1.78. The second-order valence-electron chi connectivity index (χ2n) is 5.62. The predicted molar refractivity (Wildman–Crippen MR) is 78.7 cm³/mol. The van der Waals surface area contributed by atoms with E-state index in [0.29, 0.717) is 11.5 Å². The molecule has 0 saturated heterocycles. The zero-order valence-corrected chi connectivity index (χ0v) is 11.7. The molecule has 0 aliphatic heterocycles. The normalized spacial score (nSPS) is 22.3. The Balaban J connectivity index is 1.69. The summed E-state index contributed by atoms with van der Waals surface area (Å²) in [6, 6.07) is 5.72. The van der Waals surface area contributed by atoms with Crippen molar-refractivity contribution < 1.29 is 9.90 Å². The molecular formula is C16H19N3O2. The van der Waals surface area contributed by atoms with Crippen molar-refractivity contribution in [3.8, 4) is 0 Å². The minimum atomic E-state index is -0.223. The smallest absolute Gasteiger partial charge is 0.253 e. The number of aromatic nitrogens is 2. The Labute approximate surface area is 123 Å². The molecule has 1 saturated carbocycles. The summed E-state index contributed by atoms with van der Waals surface area (Å²) in [7, 11) is 0. The van der Waals surface area contributed by atoms with Gasteiger partial charge in [-0.15, -0.1) is 0 Å². The van der Waals surface area contributed by atoms with Gasteiger partial charge in [-0.3, -0.25) is 9.78 Å². The van der Waals surface area contributed by atoms with Gasteiger partial charge in [0.05, 0.1) is 11.7 Å². The summed E-state index contributed by atoms with van der Waals surface area (Å²) in [6.07, 6.45) is 8.99. The molecule has 3 N–H and O–H groups in total. The molecule has 0 spiro atoms. The van der Waals surface area contributed by atoms with Crippen LogP contribution in [-0.4, -0.2) is 33.1 Å². The molecule has 1 aliphatic rings. The van der Waals surface area contributed by atoms with Gasteiger partial charge >= 0.3 is 0 Å². The zero-order valence-electron chi connectivity index (χ0n) is 11.7. The molecule has 0 radical (unpaired) electrons. The third-order valence-electron chi connectivity index (χ3n) is 4.10. The maximum atomic E-state index is 12.2. The Kier molecular flexibility index (Phi) is 4.01. The number of nitrogens with zero attached hydrogens (tertiary/aromatic N) is 1. The van der Waals surface area contributed by atoms with Crippen molar-refractivity contribution in [1.29, 1.82) is 0 Å². The Morgan fingerprint density at radius 1 is 1.38 bits per heavy atom. The van der Waals surface area contributed by atoms with Gasteiger partial charge in [-0.1, -0.05) is 0 Å². The number of carbonyl (C=O) groups is 1. The number of aromatic amines is 1. The molecule has 0 bridgehead atoms. The van der Waals surface area contributed by atoms with Gasteiger partial charge in [-0.2, -0.15) is 0 Å². The highest BCUT2D eigenvalue weighted by atomic mass is 16.3. The van der Waals surface area contributed by atoms with Gasteiger partial charge in [0.25, 0.3) is 5.91 Å². The summed E-state index contributed by atoms with van der Waals surface area (Å²) in [5, 5.41) is 12.6. The monoisotopic (exact) mass is 285 g/mol. The van der Waals surface area contributed by atoms with Gasteiger partial charge in [-0.25, -0.2) is 0 Å². The fraction of sp³-hybridized carbons (Fsp3) is 0.375. The fourth-order valence-corrected chi connectivity index (χ4v) is 2.78. The van der Waals surface area contributed by atoms with Crippen LogP contribution in [0.15, 0.2) is 43.0 Å². The molecule has 2 aromatic rings. The van der Waals surface area contributed by atoms with Crippen LogP contribution >= 0.6 is 0 Å². The van der Waals surface area contributed by atoms with Crippen LogP contribution in [0.2, 0.25) is 0 Å². The molecule has 1 atom stereocenters. The van der Waals surface area contributed by atoms with E-state index in [1.807, 2.05) is 12.1 Å². The molecular weight excluding hydrogens is 266 g/mol. The van der Waals surface area contributed by atoms with Crippen LogP contribution in [0.1, 0.15) is 28.8 Å². The standard InChI is InChI=1S/C16H19N3O2/c20-14-8-13(9-14)15(7-11-1-4-17-5-2-11)19-16(21)12-3-6-18-10-12/h1-6,10,13-15,18,20H,7-9H2,(H,19,21). The molecule has 5 nitrogen and oxygen atoms in total. The lowest BCUT2D eigenvalue weighted by molar-refractivity contribution is 0.0239. The Morgan fingerprint density at radius 3 is 2.76 bits per heavy atom. The van der Waals surface area contributed by atoms with E-state index >= 15 is 0 Å². The van der Waals surface area contributed by atoms with Gasteiger partial charge in [-0.05, 0) is 48.9 Å². The minimum Gasteiger partial charge on any atom is -0.393 e. The summed E-state index contributed by atoms with van der Waals surface area (Å²) in [5.74, 6) is 0.257. The molecule has 0 aromatic carbocycles. The average Bonchev–Trinajstić information content (AvgIpc) is 2.98. The third kappa shape index (κ3) is 3.31. The third-order valence-corrected chi connectivity index (χ3v) is 4.10. The van der Waals surface area contributed by atoms with Gasteiger partial charge in [0, 0.05) is 30.8 Å². The Hall–Kier alpha value is -2.14. The highest BCUT2D eigenvalue weighted by Crippen LogP contribution is 2.31. The summed E-state index contributed by atoms with van der Waals surface area (Å²) in [6.45, 7) is 0. The number of aliphatic hydroxyl groups excluding tert-OH is 1. The van der Waals surface area contributed by atoms with Crippen LogP contribution < -0.4 is 5.32 Å². The second-order valence-corrected chi connectivity index (χ2v) is 5.62. The molecule has 3 rings (SSSR count). The lowest BCUT2D eigenvalue weighted by Crippen LogP contribution is -2.48. The number of amides is 1. The maximum absolute atomic E-state index is 12.2. The second kappa shape index (κ2) is 6.10. The van der Waals surface area contributed by atoms with Gasteiger partial charge in [0.15, 0.2) is 0 Å². The maximum Gasteiger partial charge on any atom is 0.253 e. The Bertz CT molecular complexity index is 577. The van der Waals surface area contributed by atoms with E-state index in [-0.39, 0.29) is 18.1 Å². The zero-order chi connectivity index (χ0) is 14.7. The molecule has 2 heterocycles. The van der Waals surface area contributed by atoms with E-state index < -0.39 is 0 Å². The molecule has 21 heavy (non-hydrogen) atoms. The van der Waals surface area contributed by atoms with Crippen molar-refractivity contribution in [3.63, 3.8) is 0 Å². The van der Waals surface area contributed by atoms with Crippen molar-refractivity contribution in [2.45, 2.75) is 31.4 Å². The van der Waals surface area contributed by atoms with Gasteiger partial charge in [0.1, 0.15) is 0 Å². The van der Waals surface area contributed by atoms with Crippen LogP contribution in [0.25, 0.3) is 0 Å². The number of carbonyl (C=O) groups excluding carboxylic acids is 1. The summed E-state index contributed by atoms with van der Waals surface area (Å²) >= 11 is 0. The first-order valence-electron chi connectivity index (χ1n) is 7.23. The van der Waals surface area contributed by atoms with Crippen LogP contribution in [-0.2, 0) is 6.42 Å². The molecule has 1 unspecified atom stereocenters. The van der Waals surface area contributed by atoms with Crippen molar-refractivity contribution >= 4 is 5.91 Å². The van der Waals surface area contributed by atoms with Crippen molar-refractivity contribution in [3.05, 3.63) is 54.1 Å². The SMILES string of the molecule is O=C(NC(Cc1ccncc1)C1CC(O)C1)c1cc[nH]c1. The van der Waals surface area contributed by atoms with Crippen LogP contribution in [0.4, 0.5) is 0 Å². The highest BCUT2D eigenvalue weighted by Gasteiger charge is 2.34. The van der Waals surface area contributed by atoms with Crippen LogP contribution in [0, 0.1) is 5.92 Å². The summed E-state index contributed by atoms with van der Waals surface area (Å²) < 4.78 is 0. The van der Waals surface area contributed by atoms with E-state index in [9.17, 15) is 9.90 Å². The first-order valence-corrected chi connectivity index (χ1v) is 7.23. The van der Waals surface area contributed by atoms with Gasteiger partial charge < -0.3 is 15.4 Å². The van der Waals surface area contributed by atoms with E-state index in [2.05, 4.69) is 15.3 Å². The average molecular weight is 285 g/mol. The topological polar surface area (TPSA) is 78.0 Å². The number of rotatable bonds is 5. The van der Waals surface area contributed by atoms with Crippen molar-refractivity contribution in [1.82, 2.24) is 15.3 Å². The lowest BCUT2D eigenvalue weighted by Gasteiger charge is -2.38. The highest BCUT2D eigenvalue weighted by molar-refractivity contribution is 5.94. The first-order chi connectivity index (χ1) is 10.2. The van der Waals surface area contributed by atoms with Crippen LogP contribution in [0.5, 0.6) is 0 Å². The number of hydrogen-bond acceptors (Lipinski definition) is 3. The van der Waals surface area contributed by atoms with E-state index in [1.165, 1.54) is 0 Å². The number of H-pyrrole nitrogens is 1. The number of hydrogen-bond donors (Lipinski definition) is 3. The number of pyridine rings is 1. The molecule has 1 aliphatic carbocycles. The van der Waals surface area contributed by atoms with Crippen molar-refractivity contribution in [2.75, 3.05) is 0 Å². The van der Waals surface area contributed by atoms with E-state index in [0.717, 1.165) is 24.8 Å². The van der Waals surface area contributed by atoms with Crippen molar-refractivity contribution in [2.24, 2.45) is 5.92 Å². The molecule has 1 fully saturated rings. The predicted octanol–water partition coefficient (Wildman–Crippen LogP) is 1.52. The number of aliphatic hydroxyl groups is 1. The fourth-order valence-electron chi connectivity index (χ4n) is 2.78. The molecule has 2 aromatic heterocycles. The summed E-state index contributed by atoms with van der Waals surface area (Å²) in [4.78, 5) is 19.1. The largest absolute Gasteiger partial charge is 0.393 e.